The molecule has 2 fully saturated rings. The highest BCUT2D eigenvalue weighted by atomic mass is 16.5. The summed E-state index contributed by atoms with van der Waals surface area (Å²) >= 11 is 0. The normalized spacial score (nSPS) is 27.6. The van der Waals surface area contributed by atoms with Crippen LogP contribution in [0.1, 0.15) is 32.6 Å². The summed E-state index contributed by atoms with van der Waals surface area (Å²) in [7, 11) is 0. The molecule has 2 rings (SSSR count). The van der Waals surface area contributed by atoms with Crippen LogP contribution in [-0.4, -0.2) is 72.7 Å². The highest BCUT2D eigenvalue weighted by Gasteiger charge is 2.42. The van der Waals surface area contributed by atoms with E-state index in [0.29, 0.717) is 45.8 Å². The van der Waals surface area contributed by atoms with E-state index >= 15 is 0 Å². The number of rotatable bonds is 5. The summed E-state index contributed by atoms with van der Waals surface area (Å²) in [6.45, 7) is 6.14. The van der Waals surface area contributed by atoms with Gasteiger partial charge in [0.1, 0.15) is 0 Å². The fraction of sp³-hybridized carbons (Fsp3) is 0.867. The van der Waals surface area contributed by atoms with Gasteiger partial charge >= 0.3 is 5.97 Å². The van der Waals surface area contributed by atoms with Crippen LogP contribution in [0.2, 0.25) is 0 Å². The van der Waals surface area contributed by atoms with Gasteiger partial charge in [0, 0.05) is 19.6 Å². The summed E-state index contributed by atoms with van der Waals surface area (Å²) in [6, 6.07) is 0. The zero-order valence-electron chi connectivity index (χ0n) is 12.8. The number of hydrogen-bond donors (Lipinski definition) is 1. The molecule has 2 aliphatic heterocycles. The second-order valence-electron chi connectivity index (χ2n) is 6.14. The molecule has 6 nitrogen and oxygen atoms in total. The molecule has 0 aromatic carbocycles. The number of hydrogen-bond acceptors (Lipinski definition) is 4. The molecular formula is C15H26N2O4. The second kappa shape index (κ2) is 7.22. The van der Waals surface area contributed by atoms with Crippen molar-refractivity contribution in [2.45, 2.75) is 32.6 Å². The largest absolute Gasteiger partial charge is 0.481 e. The molecule has 2 aliphatic rings. The summed E-state index contributed by atoms with van der Waals surface area (Å²) < 4.78 is 5.25. The van der Waals surface area contributed by atoms with Crippen LogP contribution in [0.25, 0.3) is 0 Å². The van der Waals surface area contributed by atoms with Crippen LogP contribution >= 0.6 is 0 Å². The van der Waals surface area contributed by atoms with Crippen molar-refractivity contribution in [3.05, 3.63) is 0 Å². The second-order valence-corrected chi connectivity index (χ2v) is 6.14. The summed E-state index contributed by atoms with van der Waals surface area (Å²) in [5.41, 5.74) is -0.668. The Hall–Kier alpha value is -1.14. The van der Waals surface area contributed by atoms with E-state index in [1.807, 2.05) is 16.7 Å². The minimum atomic E-state index is -0.715. The first-order valence-electron chi connectivity index (χ1n) is 7.89. The van der Waals surface area contributed by atoms with Crippen LogP contribution < -0.4 is 0 Å². The molecule has 1 N–H and O–H groups in total. The first kappa shape index (κ1) is 16.2. The first-order valence-corrected chi connectivity index (χ1v) is 7.89. The maximum atomic E-state index is 12.3. The number of carbonyl (C=O) groups is 2. The first-order chi connectivity index (χ1) is 10.1. The number of morpholine rings is 1. The number of amides is 1. The lowest BCUT2D eigenvalue weighted by atomic mass is 9.76. The minimum absolute atomic E-state index is 0.0935. The van der Waals surface area contributed by atoms with Crippen molar-refractivity contribution in [3.8, 4) is 0 Å². The van der Waals surface area contributed by atoms with Crippen LogP contribution in [0.4, 0.5) is 0 Å². The van der Waals surface area contributed by atoms with Crippen LogP contribution in [0, 0.1) is 5.41 Å². The molecule has 2 saturated heterocycles. The molecular weight excluding hydrogens is 272 g/mol. The molecule has 120 valence electrons. The molecule has 21 heavy (non-hydrogen) atoms. The van der Waals surface area contributed by atoms with Gasteiger partial charge < -0.3 is 14.7 Å². The number of carboxylic acids is 1. The third-order valence-electron chi connectivity index (χ3n) is 4.56. The number of carbonyl (C=O) groups excluding carboxylic acids is 1. The summed E-state index contributed by atoms with van der Waals surface area (Å²) in [5.74, 6) is -0.621. The lowest BCUT2D eigenvalue weighted by Gasteiger charge is -2.40. The monoisotopic (exact) mass is 298 g/mol. The number of carboxylic acid groups (broad SMARTS) is 1. The Balaban J connectivity index is 1.93. The van der Waals surface area contributed by atoms with Gasteiger partial charge in [-0.15, -0.1) is 0 Å². The number of likely N-dealkylation sites (tertiary alicyclic amines) is 1. The van der Waals surface area contributed by atoms with Crippen molar-refractivity contribution < 1.29 is 19.4 Å². The van der Waals surface area contributed by atoms with Crippen LogP contribution in [-0.2, 0) is 14.3 Å². The van der Waals surface area contributed by atoms with E-state index < -0.39 is 11.4 Å². The van der Waals surface area contributed by atoms with Crippen LogP contribution in [0.3, 0.4) is 0 Å². The fourth-order valence-corrected chi connectivity index (χ4v) is 3.43. The Bertz CT molecular complexity index is 378. The van der Waals surface area contributed by atoms with Crippen molar-refractivity contribution in [1.82, 2.24) is 9.80 Å². The molecule has 0 aromatic heterocycles. The predicted octanol–water partition coefficient (Wildman–Crippen LogP) is 0.812. The molecule has 0 aliphatic carbocycles. The fourth-order valence-electron chi connectivity index (χ4n) is 3.43. The molecule has 1 atom stereocenters. The molecule has 0 saturated carbocycles. The topological polar surface area (TPSA) is 70.1 Å². The van der Waals surface area contributed by atoms with E-state index in [4.69, 9.17) is 4.74 Å². The van der Waals surface area contributed by atoms with Crippen molar-refractivity contribution >= 4 is 11.9 Å². The average molecular weight is 298 g/mol. The standard InChI is InChI=1S/C15H26N2O4/c1-2-4-15(14(19)20)5-3-6-16(12-15)11-13(18)17-7-9-21-10-8-17/h2-12H2,1H3,(H,19,20). The average Bonchev–Trinajstić information content (AvgIpc) is 2.48. The van der Waals surface area contributed by atoms with Gasteiger partial charge in [0.15, 0.2) is 0 Å². The third-order valence-corrected chi connectivity index (χ3v) is 4.56. The van der Waals surface area contributed by atoms with Gasteiger partial charge in [0.25, 0.3) is 0 Å². The Kier molecular flexibility index (Phi) is 5.58. The molecule has 0 spiro atoms. The molecule has 0 radical (unpaired) electrons. The lowest BCUT2D eigenvalue weighted by Crippen LogP contribution is -2.52. The van der Waals surface area contributed by atoms with E-state index in [1.54, 1.807) is 0 Å². The van der Waals surface area contributed by atoms with E-state index in [1.165, 1.54) is 0 Å². The number of nitrogens with zero attached hydrogens (tertiary/aromatic N) is 2. The molecule has 1 unspecified atom stereocenters. The lowest BCUT2D eigenvalue weighted by molar-refractivity contribution is -0.154. The Morgan fingerprint density at radius 1 is 1.24 bits per heavy atom. The third kappa shape index (κ3) is 3.95. The smallest absolute Gasteiger partial charge is 0.310 e. The van der Waals surface area contributed by atoms with E-state index in [9.17, 15) is 14.7 Å². The van der Waals surface area contributed by atoms with Crippen LogP contribution in [0.15, 0.2) is 0 Å². The number of piperidine rings is 1. The van der Waals surface area contributed by atoms with Crippen molar-refractivity contribution in [1.29, 1.82) is 0 Å². The zero-order chi connectivity index (χ0) is 15.3. The van der Waals surface area contributed by atoms with Gasteiger partial charge in [0.05, 0.1) is 25.2 Å². The molecule has 0 aromatic rings. The highest BCUT2D eigenvalue weighted by Crippen LogP contribution is 2.35. The summed E-state index contributed by atoms with van der Waals surface area (Å²) in [6.07, 6.45) is 3.11. The van der Waals surface area contributed by atoms with Crippen LogP contribution in [0.5, 0.6) is 0 Å². The van der Waals surface area contributed by atoms with Gasteiger partial charge in [0.2, 0.25) is 5.91 Å². The Labute approximate surface area is 126 Å². The van der Waals surface area contributed by atoms with Gasteiger partial charge in [-0.1, -0.05) is 13.3 Å². The summed E-state index contributed by atoms with van der Waals surface area (Å²) in [4.78, 5) is 27.8. The predicted molar refractivity (Wildman–Crippen MR) is 78.0 cm³/mol. The quantitative estimate of drug-likeness (QED) is 0.813. The molecule has 0 bridgehead atoms. The Morgan fingerprint density at radius 3 is 2.57 bits per heavy atom. The number of aliphatic carboxylic acids is 1. The van der Waals surface area contributed by atoms with Gasteiger partial charge in [-0.3, -0.25) is 14.5 Å². The van der Waals surface area contributed by atoms with E-state index in [0.717, 1.165) is 25.8 Å². The maximum absolute atomic E-state index is 12.3. The Morgan fingerprint density at radius 2 is 1.95 bits per heavy atom. The van der Waals surface area contributed by atoms with Gasteiger partial charge in [-0.25, -0.2) is 0 Å². The van der Waals surface area contributed by atoms with Gasteiger partial charge in [-0.05, 0) is 25.8 Å². The molecule has 1 amide bonds. The number of ether oxygens (including phenoxy) is 1. The van der Waals surface area contributed by atoms with Crippen molar-refractivity contribution in [3.63, 3.8) is 0 Å². The van der Waals surface area contributed by atoms with E-state index in [-0.39, 0.29) is 5.91 Å². The highest BCUT2D eigenvalue weighted by molar-refractivity contribution is 5.79. The zero-order valence-corrected chi connectivity index (χ0v) is 12.8. The van der Waals surface area contributed by atoms with E-state index in [2.05, 4.69) is 0 Å². The minimum Gasteiger partial charge on any atom is -0.481 e. The molecule has 2 heterocycles. The maximum Gasteiger partial charge on any atom is 0.310 e. The van der Waals surface area contributed by atoms with Crippen molar-refractivity contribution in [2.24, 2.45) is 5.41 Å². The van der Waals surface area contributed by atoms with Crippen molar-refractivity contribution in [2.75, 3.05) is 45.9 Å². The molecule has 6 heteroatoms. The SMILES string of the molecule is CCCC1(C(=O)O)CCCN(CC(=O)N2CCOCC2)C1. The van der Waals surface area contributed by atoms with Gasteiger partial charge in [-0.2, -0.15) is 0 Å². The summed E-state index contributed by atoms with van der Waals surface area (Å²) in [5, 5.41) is 9.58.